The van der Waals surface area contributed by atoms with Gasteiger partial charge in [0, 0.05) is 37.1 Å². The molecule has 0 aliphatic carbocycles. The molecular formula is C24H29N3O4. The van der Waals surface area contributed by atoms with Gasteiger partial charge in [-0.15, -0.1) is 0 Å². The minimum Gasteiger partial charge on any atom is -0.375 e. The van der Waals surface area contributed by atoms with Crippen molar-refractivity contribution >= 4 is 34.8 Å². The first-order valence-corrected chi connectivity index (χ1v) is 10.6. The Morgan fingerprint density at radius 2 is 1.81 bits per heavy atom. The number of carbonyl (C=O) groups excluding carboxylic acids is 3. The summed E-state index contributed by atoms with van der Waals surface area (Å²) in [5, 5.41) is 5.56. The largest absolute Gasteiger partial charge is 0.375 e. The number of carbonyl (C=O) groups is 3. The monoisotopic (exact) mass is 423 g/mol. The molecule has 1 unspecified atom stereocenters. The summed E-state index contributed by atoms with van der Waals surface area (Å²) in [5.74, 6) is -0.972. The summed E-state index contributed by atoms with van der Waals surface area (Å²) in [6, 6.07) is 14.9. The van der Waals surface area contributed by atoms with Gasteiger partial charge in [0.2, 0.25) is 17.7 Å². The molecule has 31 heavy (non-hydrogen) atoms. The first kappa shape index (κ1) is 22.5. The zero-order chi connectivity index (χ0) is 22.2. The van der Waals surface area contributed by atoms with Crippen LogP contribution in [-0.4, -0.2) is 38.0 Å². The second-order valence-electron chi connectivity index (χ2n) is 7.73. The molecule has 7 nitrogen and oxygen atoms in total. The van der Waals surface area contributed by atoms with Gasteiger partial charge in [0.1, 0.15) is 6.61 Å². The number of aryl methyl sites for hydroxylation is 1. The highest BCUT2D eigenvalue weighted by Gasteiger charge is 2.35. The zero-order valence-corrected chi connectivity index (χ0v) is 18.0. The van der Waals surface area contributed by atoms with Crippen molar-refractivity contribution in [3.05, 3.63) is 54.1 Å². The van der Waals surface area contributed by atoms with Crippen molar-refractivity contribution in [2.24, 2.45) is 5.92 Å². The van der Waals surface area contributed by atoms with Crippen molar-refractivity contribution in [1.29, 1.82) is 0 Å². The second kappa shape index (κ2) is 10.7. The molecule has 0 radical (unpaired) electrons. The highest BCUT2D eigenvalue weighted by Crippen LogP contribution is 2.27. The van der Waals surface area contributed by atoms with E-state index in [1.807, 2.05) is 12.1 Å². The summed E-state index contributed by atoms with van der Waals surface area (Å²) in [7, 11) is 1.45. The Morgan fingerprint density at radius 3 is 2.48 bits per heavy atom. The van der Waals surface area contributed by atoms with E-state index in [9.17, 15) is 14.4 Å². The Bertz CT molecular complexity index is 927. The lowest BCUT2D eigenvalue weighted by atomic mass is 10.1. The van der Waals surface area contributed by atoms with Crippen LogP contribution in [0.15, 0.2) is 48.5 Å². The smallest absolute Gasteiger partial charge is 0.250 e. The molecule has 1 saturated heterocycles. The number of nitrogens with zero attached hydrogens (tertiary/aromatic N) is 1. The number of rotatable bonds is 9. The van der Waals surface area contributed by atoms with Crippen LogP contribution in [-0.2, 0) is 25.5 Å². The van der Waals surface area contributed by atoms with E-state index in [2.05, 4.69) is 29.7 Å². The van der Waals surface area contributed by atoms with Gasteiger partial charge in [0.05, 0.1) is 5.92 Å². The van der Waals surface area contributed by atoms with E-state index in [0.717, 1.165) is 24.9 Å². The van der Waals surface area contributed by atoms with Gasteiger partial charge < -0.3 is 20.3 Å². The van der Waals surface area contributed by atoms with Crippen molar-refractivity contribution in [3.63, 3.8) is 0 Å². The molecule has 3 amide bonds. The van der Waals surface area contributed by atoms with Crippen LogP contribution in [0.4, 0.5) is 17.1 Å². The van der Waals surface area contributed by atoms with Crippen LogP contribution in [0.1, 0.15) is 31.7 Å². The van der Waals surface area contributed by atoms with E-state index < -0.39 is 5.92 Å². The number of methoxy groups -OCH3 is 1. The van der Waals surface area contributed by atoms with E-state index in [4.69, 9.17) is 4.74 Å². The summed E-state index contributed by atoms with van der Waals surface area (Å²) < 4.78 is 4.80. The number of hydrogen-bond donors (Lipinski definition) is 2. The van der Waals surface area contributed by atoms with Crippen LogP contribution in [0.2, 0.25) is 0 Å². The standard InChI is InChI=1S/C24H29N3O4/c1-3-4-6-17-9-11-21(12-10-17)27-15-18(13-23(27)29)24(30)26-20-8-5-7-19(14-20)25-22(28)16-31-2/h5,7-12,14,18H,3-4,6,13,15-16H2,1-2H3,(H,25,28)(H,26,30). The van der Waals surface area contributed by atoms with E-state index in [-0.39, 0.29) is 30.7 Å². The van der Waals surface area contributed by atoms with Crippen molar-refractivity contribution in [3.8, 4) is 0 Å². The van der Waals surface area contributed by atoms with Gasteiger partial charge >= 0.3 is 0 Å². The van der Waals surface area contributed by atoms with Crippen molar-refractivity contribution in [2.75, 3.05) is 35.8 Å². The summed E-state index contributed by atoms with van der Waals surface area (Å²) in [4.78, 5) is 38.6. The van der Waals surface area contributed by atoms with Gasteiger partial charge in [-0.3, -0.25) is 14.4 Å². The first-order valence-electron chi connectivity index (χ1n) is 10.6. The van der Waals surface area contributed by atoms with Gasteiger partial charge in [-0.25, -0.2) is 0 Å². The molecule has 1 heterocycles. The van der Waals surface area contributed by atoms with Crippen molar-refractivity contribution in [1.82, 2.24) is 0 Å². The van der Waals surface area contributed by atoms with Crippen LogP contribution in [0.25, 0.3) is 0 Å². The third kappa shape index (κ3) is 6.15. The lowest BCUT2D eigenvalue weighted by Gasteiger charge is -2.17. The van der Waals surface area contributed by atoms with Gasteiger partial charge in [-0.05, 0) is 48.7 Å². The zero-order valence-electron chi connectivity index (χ0n) is 18.0. The van der Waals surface area contributed by atoms with Gasteiger partial charge in [0.15, 0.2) is 0 Å². The Kier molecular flexibility index (Phi) is 7.78. The summed E-state index contributed by atoms with van der Waals surface area (Å²) >= 11 is 0. The molecule has 1 fully saturated rings. The molecule has 7 heteroatoms. The summed E-state index contributed by atoms with van der Waals surface area (Å²) in [6.07, 6.45) is 3.49. The molecule has 2 aromatic rings. The fourth-order valence-corrected chi connectivity index (χ4v) is 3.60. The number of hydrogen-bond acceptors (Lipinski definition) is 4. The molecule has 2 N–H and O–H groups in total. The SMILES string of the molecule is CCCCc1ccc(N2CC(C(=O)Nc3cccc(NC(=O)COC)c3)CC2=O)cc1. The van der Waals surface area contributed by atoms with Crippen molar-refractivity contribution in [2.45, 2.75) is 32.6 Å². The second-order valence-corrected chi connectivity index (χ2v) is 7.73. The Hall–Kier alpha value is -3.19. The number of anilines is 3. The van der Waals surface area contributed by atoms with E-state index in [0.29, 0.717) is 17.9 Å². The summed E-state index contributed by atoms with van der Waals surface area (Å²) in [5.41, 5.74) is 3.20. The van der Waals surface area contributed by atoms with Crippen LogP contribution in [0, 0.1) is 5.92 Å². The predicted octanol–water partition coefficient (Wildman–Crippen LogP) is 3.61. The predicted molar refractivity (Wildman–Crippen MR) is 121 cm³/mol. The van der Waals surface area contributed by atoms with Gasteiger partial charge in [0.25, 0.3) is 0 Å². The normalized spacial score (nSPS) is 15.7. The maximum absolute atomic E-state index is 12.7. The topological polar surface area (TPSA) is 87.7 Å². The first-order chi connectivity index (χ1) is 15.0. The number of benzene rings is 2. The minimum atomic E-state index is -0.431. The fourth-order valence-electron chi connectivity index (χ4n) is 3.60. The molecule has 1 atom stereocenters. The molecule has 0 bridgehead atoms. The maximum Gasteiger partial charge on any atom is 0.250 e. The lowest BCUT2D eigenvalue weighted by Crippen LogP contribution is -2.28. The molecule has 0 saturated carbocycles. The van der Waals surface area contributed by atoms with Crippen molar-refractivity contribution < 1.29 is 19.1 Å². The third-order valence-corrected chi connectivity index (χ3v) is 5.25. The number of unbranched alkanes of at least 4 members (excludes halogenated alkanes) is 1. The number of ether oxygens (including phenoxy) is 1. The number of amides is 3. The molecule has 1 aliphatic rings. The average Bonchev–Trinajstić information content (AvgIpc) is 3.15. The third-order valence-electron chi connectivity index (χ3n) is 5.25. The molecule has 2 aromatic carbocycles. The quantitative estimate of drug-likeness (QED) is 0.645. The fraction of sp³-hybridized carbons (Fsp3) is 0.375. The summed E-state index contributed by atoms with van der Waals surface area (Å²) in [6.45, 7) is 2.47. The highest BCUT2D eigenvalue weighted by atomic mass is 16.5. The molecule has 3 rings (SSSR count). The van der Waals surface area contributed by atoms with Crippen LogP contribution in [0.5, 0.6) is 0 Å². The lowest BCUT2D eigenvalue weighted by molar-refractivity contribution is -0.122. The van der Waals surface area contributed by atoms with Crippen LogP contribution < -0.4 is 15.5 Å². The Labute approximate surface area is 182 Å². The Morgan fingerprint density at radius 1 is 1.10 bits per heavy atom. The molecular weight excluding hydrogens is 394 g/mol. The average molecular weight is 424 g/mol. The highest BCUT2D eigenvalue weighted by molar-refractivity contribution is 6.03. The molecule has 1 aliphatic heterocycles. The van der Waals surface area contributed by atoms with Gasteiger partial charge in [-0.1, -0.05) is 31.5 Å². The van der Waals surface area contributed by atoms with Crippen LogP contribution >= 0.6 is 0 Å². The molecule has 164 valence electrons. The van der Waals surface area contributed by atoms with E-state index in [1.165, 1.54) is 12.7 Å². The van der Waals surface area contributed by atoms with Gasteiger partial charge in [-0.2, -0.15) is 0 Å². The van der Waals surface area contributed by atoms with E-state index >= 15 is 0 Å². The molecule has 0 aromatic heterocycles. The number of nitrogens with one attached hydrogen (secondary N) is 2. The maximum atomic E-state index is 12.7. The van der Waals surface area contributed by atoms with Crippen LogP contribution in [0.3, 0.4) is 0 Å². The molecule has 0 spiro atoms. The van der Waals surface area contributed by atoms with E-state index in [1.54, 1.807) is 29.2 Å². The minimum absolute atomic E-state index is 0.0454. The Balaban J connectivity index is 1.59.